The topological polar surface area (TPSA) is 38.4 Å². The largest absolute Gasteiger partial charge is 0.387 e. The molecule has 1 saturated carbocycles. The Morgan fingerprint density at radius 2 is 2.44 bits per heavy atom. The fraction of sp³-hybridized carbons (Fsp3) is 0.857. The van der Waals surface area contributed by atoms with Crippen molar-refractivity contribution in [3.63, 3.8) is 0 Å². The van der Waals surface area contributed by atoms with Crippen molar-refractivity contribution in [3.8, 4) is 0 Å². The summed E-state index contributed by atoms with van der Waals surface area (Å²) in [6.45, 7) is 2.27. The summed E-state index contributed by atoms with van der Waals surface area (Å²) in [5.41, 5.74) is 5.59. The average molecular weight is 124 g/mol. The fourth-order valence-corrected chi connectivity index (χ4v) is 1.71. The first-order valence-electron chi connectivity index (χ1n) is 3.59. The molecule has 0 bridgehead atoms. The quantitative estimate of drug-likeness (QED) is 0.509. The third-order valence-electron chi connectivity index (χ3n) is 2.40. The summed E-state index contributed by atoms with van der Waals surface area (Å²) in [7, 11) is 0. The van der Waals surface area contributed by atoms with Crippen LogP contribution in [-0.2, 0) is 0 Å². The molecule has 1 aliphatic heterocycles. The van der Waals surface area contributed by atoms with Crippen molar-refractivity contribution in [1.82, 2.24) is 0 Å². The van der Waals surface area contributed by atoms with Crippen LogP contribution < -0.4 is 5.73 Å². The molecule has 0 aromatic carbocycles. The Morgan fingerprint density at radius 3 is 3.11 bits per heavy atom. The zero-order chi connectivity index (χ0) is 6.43. The average Bonchev–Trinajstić information content (AvgIpc) is 2.43. The maximum Gasteiger partial charge on any atom is 0.0943 e. The SMILES string of the molecule is C[C@@H]1CC(N)=N[C@H]2C[C@@H]12. The number of aliphatic imine (C=N–C) groups is 1. The van der Waals surface area contributed by atoms with Gasteiger partial charge in [0.2, 0.25) is 0 Å². The van der Waals surface area contributed by atoms with E-state index in [1.807, 2.05) is 0 Å². The van der Waals surface area contributed by atoms with E-state index >= 15 is 0 Å². The monoisotopic (exact) mass is 124 g/mol. The number of amidine groups is 1. The fourth-order valence-electron chi connectivity index (χ4n) is 1.71. The van der Waals surface area contributed by atoms with E-state index in [0.717, 1.165) is 24.1 Å². The van der Waals surface area contributed by atoms with Gasteiger partial charge in [-0.05, 0) is 18.3 Å². The second-order valence-electron chi connectivity index (χ2n) is 3.27. The molecule has 2 rings (SSSR count). The van der Waals surface area contributed by atoms with E-state index in [1.54, 1.807) is 0 Å². The van der Waals surface area contributed by atoms with Crippen molar-refractivity contribution in [3.05, 3.63) is 0 Å². The minimum atomic E-state index is 0.619. The summed E-state index contributed by atoms with van der Waals surface area (Å²) in [5, 5.41) is 0. The highest BCUT2D eigenvalue weighted by molar-refractivity contribution is 5.81. The molecule has 1 heterocycles. The lowest BCUT2D eigenvalue weighted by Crippen LogP contribution is -2.22. The molecular formula is C7H12N2. The third-order valence-corrected chi connectivity index (χ3v) is 2.40. The lowest BCUT2D eigenvalue weighted by molar-refractivity contribution is 0.498. The van der Waals surface area contributed by atoms with Gasteiger partial charge < -0.3 is 5.73 Å². The van der Waals surface area contributed by atoms with Crippen LogP contribution in [0.1, 0.15) is 19.8 Å². The Bertz CT molecular complexity index is 162. The number of rotatable bonds is 0. The molecule has 50 valence electrons. The van der Waals surface area contributed by atoms with Crippen LogP contribution >= 0.6 is 0 Å². The van der Waals surface area contributed by atoms with Crippen LogP contribution in [0, 0.1) is 11.8 Å². The van der Waals surface area contributed by atoms with Crippen LogP contribution in [0.3, 0.4) is 0 Å². The van der Waals surface area contributed by atoms with Crippen molar-refractivity contribution >= 4 is 5.84 Å². The summed E-state index contributed by atoms with van der Waals surface area (Å²) >= 11 is 0. The van der Waals surface area contributed by atoms with Gasteiger partial charge in [-0.1, -0.05) is 6.92 Å². The smallest absolute Gasteiger partial charge is 0.0943 e. The number of nitrogens with two attached hydrogens (primary N) is 1. The second kappa shape index (κ2) is 1.49. The van der Waals surface area contributed by atoms with E-state index < -0.39 is 0 Å². The van der Waals surface area contributed by atoms with Gasteiger partial charge >= 0.3 is 0 Å². The predicted molar refractivity (Wildman–Crippen MR) is 37.3 cm³/mol. The zero-order valence-corrected chi connectivity index (χ0v) is 5.67. The summed E-state index contributed by atoms with van der Waals surface area (Å²) in [5.74, 6) is 2.56. The van der Waals surface area contributed by atoms with Crippen LogP contribution in [0.2, 0.25) is 0 Å². The first-order valence-corrected chi connectivity index (χ1v) is 3.59. The number of hydrogen-bond acceptors (Lipinski definition) is 2. The highest BCUT2D eigenvalue weighted by Crippen LogP contribution is 2.44. The van der Waals surface area contributed by atoms with Crippen LogP contribution in [0.5, 0.6) is 0 Å². The molecule has 2 aliphatic rings. The standard InChI is InChI=1S/C7H12N2/c1-4-2-7(8)9-6-3-5(4)6/h4-6H,2-3H2,1H3,(H2,8,9)/t4-,5+,6+/m1/s1. The maximum absolute atomic E-state index is 5.59. The van der Waals surface area contributed by atoms with Gasteiger partial charge in [-0.25, -0.2) is 0 Å². The molecule has 2 heteroatoms. The van der Waals surface area contributed by atoms with Crippen LogP contribution in [0.25, 0.3) is 0 Å². The molecule has 3 atom stereocenters. The van der Waals surface area contributed by atoms with Crippen molar-refractivity contribution in [2.24, 2.45) is 22.6 Å². The molecule has 1 aliphatic carbocycles. The molecule has 0 radical (unpaired) electrons. The van der Waals surface area contributed by atoms with Gasteiger partial charge in [0.25, 0.3) is 0 Å². The van der Waals surface area contributed by atoms with Crippen LogP contribution in [-0.4, -0.2) is 11.9 Å². The molecule has 0 aromatic rings. The van der Waals surface area contributed by atoms with Crippen molar-refractivity contribution in [1.29, 1.82) is 0 Å². The maximum atomic E-state index is 5.59. The minimum absolute atomic E-state index is 0.619. The van der Waals surface area contributed by atoms with Gasteiger partial charge in [0.15, 0.2) is 0 Å². The molecule has 0 saturated heterocycles. The van der Waals surface area contributed by atoms with Crippen molar-refractivity contribution in [2.45, 2.75) is 25.8 Å². The lowest BCUT2D eigenvalue weighted by atomic mass is 9.99. The van der Waals surface area contributed by atoms with Crippen molar-refractivity contribution < 1.29 is 0 Å². The number of fused-ring (bicyclic) bond motifs is 1. The molecule has 2 N–H and O–H groups in total. The highest BCUT2D eigenvalue weighted by Gasteiger charge is 2.43. The lowest BCUT2D eigenvalue weighted by Gasteiger charge is -2.13. The van der Waals surface area contributed by atoms with Gasteiger partial charge in [-0.15, -0.1) is 0 Å². The van der Waals surface area contributed by atoms with Gasteiger partial charge in [-0.2, -0.15) is 0 Å². The number of hydrogen-bond donors (Lipinski definition) is 1. The zero-order valence-electron chi connectivity index (χ0n) is 5.67. The van der Waals surface area contributed by atoms with E-state index in [1.165, 1.54) is 6.42 Å². The van der Waals surface area contributed by atoms with Gasteiger partial charge in [0, 0.05) is 6.42 Å². The Kier molecular flexibility index (Phi) is 0.875. The predicted octanol–water partition coefficient (Wildman–Crippen LogP) is 0.772. The van der Waals surface area contributed by atoms with E-state index in [-0.39, 0.29) is 0 Å². The van der Waals surface area contributed by atoms with Gasteiger partial charge in [0.05, 0.1) is 11.9 Å². The molecule has 0 aromatic heterocycles. The number of nitrogens with zero attached hydrogens (tertiary/aromatic N) is 1. The summed E-state index contributed by atoms with van der Waals surface area (Å²) in [6.07, 6.45) is 2.32. The van der Waals surface area contributed by atoms with E-state index in [9.17, 15) is 0 Å². The normalized spacial score (nSPS) is 47.7. The summed E-state index contributed by atoms with van der Waals surface area (Å²) in [6, 6.07) is 0.619. The first kappa shape index (κ1) is 5.27. The Morgan fingerprint density at radius 1 is 1.67 bits per heavy atom. The molecule has 2 nitrogen and oxygen atoms in total. The highest BCUT2D eigenvalue weighted by atomic mass is 15.0. The van der Waals surface area contributed by atoms with Crippen molar-refractivity contribution in [2.75, 3.05) is 0 Å². The van der Waals surface area contributed by atoms with Crippen LogP contribution in [0.4, 0.5) is 0 Å². The van der Waals surface area contributed by atoms with E-state index in [0.29, 0.717) is 6.04 Å². The Balaban J connectivity index is 2.16. The van der Waals surface area contributed by atoms with Gasteiger partial charge in [-0.3, -0.25) is 4.99 Å². The molecule has 9 heavy (non-hydrogen) atoms. The molecule has 1 fully saturated rings. The molecular weight excluding hydrogens is 112 g/mol. The molecule has 0 unspecified atom stereocenters. The van der Waals surface area contributed by atoms with E-state index in [4.69, 9.17) is 5.73 Å². The summed E-state index contributed by atoms with van der Waals surface area (Å²) in [4.78, 5) is 4.30. The minimum Gasteiger partial charge on any atom is -0.387 e. The molecule has 0 amide bonds. The van der Waals surface area contributed by atoms with Crippen LogP contribution in [0.15, 0.2) is 4.99 Å². The summed E-state index contributed by atoms with van der Waals surface area (Å²) < 4.78 is 0. The van der Waals surface area contributed by atoms with Gasteiger partial charge in [0.1, 0.15) is 0 Å². The Hall–Kier alpha value is -0.530. The molecule has 0 spiro atoms. The first-order chi connectivity index (χ1) is 4.27. The third kappa shape index (κ3) is 0.732. The van der Waals surface area contributed by atoms with E-state index in [2.05, 4.69) is 11.9 Å². The Labute approximate surface area is 55.2 Å². The second-order valence-corrected chi connectivity index (χ2v) is 3.27.